The van der Waals surface area contributed by atoms with E-state index in [1.54, 1.807) is 12.1 Å². The monoisotopic (exact) mass is 298 g/mol. The maximum Gasteiger partial charge on any atom is 0.189 e. The smallest absolute Gasteiger partial charge is 0.189 e. The molecule has 4 heteroatoms. The lowest BCUT2D eigenvalue weighted by Crippen LogP contribution is -2.03. The Labute approximate surface area is 110 Å². The fourth-order valence-corrected chi connectivity index (χ4v) is 1.84. The maximum absolute atomic E-state index is 11.7. The average molecular weight is 299 g/mol. The van der Waals surface area contributed by atoms with Crippen molar-refractivity contribution in [3.8, 4) is 11.5 Å². The number of allylic oxidation sites excluding steroid dienone is 1. The highest BCUT2D eigenvalue weighted by Gasteiger charge is 2.14. The molecule has 0 bridgehead atoms. The zero-order chi connectivity index (χ0) is 12.8. The molecule has 0 atom stereocenters. The van der Waals surface area contributed by atoms with Crippen molar-refractivity contribution in [1.29, 1.82) is 0 Å². The second-order valence-electron chi connectivity index (χ2n) is 3.21. The molecule has 1 rings (SSSR count). The lowest BCUT2D eigenvalue weighted by atomic mass is 10.1. The average Bonchev–Trinajstić information content (AvgIpc) is 2.32. The van der Waals surface area contributed by atoms with Crippen LogP contribution in [0.1, 0.15) is 24.2 Å². The summed E-state index contributed by atoms with van der Waals surface area (Å²) in [6, 6.07) is 3.41. The number of ketones is 1. The van der Waals surface area contributed by atoms with Gasteiger partial charge in [0, 0.05) is 6.07 Å². The van der Waals surface area contributed by atoms with E-state index < -0.39 is 0 Å². The van der Waals surface area contributed by atoms with Gasteiger partial charge >= 0.3 is 0 Å². The van der Waals surface area contributed by atoms with Gasteiger partial charge in [0.2, 0.25) is 0 Å². The van der Waals surface area contributed by atoms with E-state index >= 15 is 0 Å². The SMILES string of the molecule is C=CC(=O)c1cc(Br)c(OCC)cc1OCC. The van der Waals surface area contributed by atoms with Crippen molar-refractivity contribution >= 4 is 21.7 Å². The third-order valence-electron chi connectivity index (χ3n) is 2.08. The van der Waals surface area contributed by atoms with E-state index in [9.17, 15) is 4.79 Å². The van der Waals surface area contributed by atoms with E-state index in [0.717, 1.165) is 4.47 Å². The minimum absolute atomic E-state index is 0.169. The third-order valence-corrected chi connectivity index (χ3v) is 2.70. The van der Waals surface area contributed by atoms with Crippen molar-refractivity contribution in [2.75, 3.05) is 13.2 Å². The predicted octanol–water partition coefficient (Wildman–Crippen LogP) is 3.62. The Kier molecular flexibility index (Phi) is 5.22. The van der Waals surface area contributed by atoms with Gasteiger partial charge in [-0.3, -0.25) is 4.79 Å². The summed E-state index contributed by atoms with van der Waals surface area (Å²) in [5.74, 6) is 1.01. The lowest BCUT2D eigenvalue weighted by molar-refractivity contribution is 0.104. The molecule has 0 fully saturated rings. The Morgan fingerprint density at radius 3 is 2.41 bits per heavy atom. The van der Waals surface area contributed by atoms with Crippen LogP contribution in [0.4, 0.5) is 0 Å². The minimum atomic E-state index is -0.169. The van der Waals surface area contributed by atoms with Gasteiger partial charge in [0.1, 0.15) is 11.5 Å². The number of carbonyl (C=O) groups is 1. The van der Waals surface area contributed by atoms with Crippen LogP contribution in [0.3, 0.4) is 0 Å². The highest BCUT2D eigenvalue weighted by Crippen LogP contribution is 2.33. The molecule has 0 saturated heterocycles. The van der Waals surface area contributed by atoms with E-state index in [-0.39, 0.29) is 5.78 Å². The van der Waals surface area contributed by atoms with Crippen LogP contribution in [-0.2, 0) is 0 Å². The van der Waals surface area contributed by atoms with Gasteiger partial charge in [-0.25, -0.2) is 0 Å². The zero-order valence-corrected chi connectivity index (χ0v) is 11.5. The van der Waals surface area contributed by atoms with Gasteiger partial charge in [0.05, 0.1) is 23.2 Å². The van der Waals surface area contributed by atoms with Crippen molar-refractivity contribution in [3.63, 3.8) is 0 Å². The van der Waals surface area contributed by atoms with E-state index in [4.69, 9.17) is 9.47 Å². The van der Waals surface area contributed by atoms with Crippen LogP contribution in [0.25, 0.3) is 0 Å². The molecule has 0 saturated carbocycles. The van der Waals surface area contributed by atoms with Crippen molar-refractivity contribution in [3.05, 3.63) is 34.8 Å². The number of hydrogen-bond donors (Lipinski definition) is 0. The first-order chi connectivity index (χ1) is 8.13. The molecule has 0 heterocycles. The molecule has 92 valence electrons. The van der Waals surface area contributed by atoms with Crippen molar-refractivity contribution in [1.82, 2.24) is 0 Å². The van der Waals surface area contributed by atoms with Gasteiger partial charge < -0.3 is 9.47 Å². The van der Waals surface area contributed by atoms with Gasteiger partial charge in [0.15, 0.2) is 5.78 Å². The molecule has 0 aromatic heterocycles. The topological polar surface area (TPSA) is 35.5 Å². The Morgan fingerprint density at radius 1 is 1.29 bits per heavy atom. The first-order valence-corrected chi connectivity index (χ1v) is 6.19. The molecular weight excluding hydrogens is 284 g/mol. The number of ether oxygens (including phenoxy) is 2. The van der Waals surface area contributed by atoms with Crippen LogP contribution in [-0.4, -0.2) is 19.0 Å². The summed E-state index contributed by atoms with van der Waals surface area (Å²) in [4.78, 5) is 11.7. The highest BCUT2D eigenvalue weighted by atomic mass is 79.9. The Hall–Kier alpha value is -1.29. The van der Waals surface area contributed by atoms with Crippen molar-refractivity contribution in [2.45, 2.75) is 13.8 Å². The molecule has 0 spiro atoms. The Bertz CT molecular complexity index is 427. The van der Waals surface area contributed by atoms with Gasteiger partial charge in [-0.1, -0.05) is 6.58 Å². The van der Waals surface area contributed by atoms with Crippen molar-refractivity contribution < 1.29 is 14.3 Å². The summed E-state index contributed by atoms with van der Waals surface area (Å²) in [6.07, 6.45) is 1.27. The molecule has 0 unspecified atom stereocenters. The summed E-state index contributed by atoms with van der Waals surface area (Å²) in [5, 5.41) is 0. The molecule has 0 radical (unpaired) electrons. The molecule has 0 amide bonds. The molecule has 1 aromatic carbocycles. The number of halogens is 1. The standard InChI is InChI=1S/C13H15BrO3/c1-4-11(15)9-7-10(14)13(17-6-3)8-12(9)16-5-2/h4,7-8H,1,5-6H2,2-3H3. The summed E-state index contributed by atoms with van der Waals surface area (Å²) >= 11 is 3.36. The van der Waals surface area contributed by atoms with Gasteiger partial charge in [-0.15, -0.1) is 0 Å². The molecule has 0 aliphatic carbocycles. The third kappa shape index (κ3) is 3.33. The molecule has 1 aromatic rings. The Morgan fingerprint density at radius 2 is 1.88 bits per heavy atom. The first kappa shape index (κ1) is 13.8. The number of benzene rings is 1. The number of hydrogen-bond acceptors (Lipinski definition) is 3. The highest BCUT2D eigenvalue weighted by molar-refractivity contribution is 9.10. The summed E-state index contributed by atoms with van der Waals surface area (Å²) in [5.41, 5.74) is 0.483. The fourth-order valence-electron chi connectivity index (χ4n) is 1.38. The van der Waals surface area contributed by atoms with Gasteiger partial charge in [-0.05, 0) is 41.9 Å². The van der Waals surface area contributed by atoms with Crippen LogP contribution < -0.4 is 9.47 Å². The lowest BCUT2D eigenvalue weighted by Gasteiger charge is -2.12. The number of carbonyl (C=O) groups excluding carboxylic acids is 1. The number of rotatable bonds is 6. The molecule has 3 nitrogen and oxygen atoms in total. The van der Waals surface area contributed by atoms with E-state index in [1.807, 2.05) is 13.8 Å². The summed E-state index contributed by atoms with van der Waals surface area (Å²) in [7, 11) is 0. The van der Waals surface area contributed by atoms with Crippen molar-refractivity contribution in [2.24, 2.45) is 0 Å². The molecule has 0 N–H and O–H groups in total. The van der Waals surface area contributed by atoms with Crippen LogP contribution in [0, 0.1) is 0 Å². The zero-order valence-electron chi connectivity index (χ0n) is 9.96. The quantitative estimate of drug-likeness (QED) is 0.594. The fraction of sp³-hybridized carbons (Fsp3) is 0.308. The van der Waals surface area contributed by atoms with Crippen LogP contribution >= 0.6 is 15.9 Å². The molecular formula is C13H15BrO3. The molecule has 0 aliphatic heterocycles. The summed E-state index contributed by atoms with van der Waals surface area (Å²) < 4.78 is 11.6. The van der Waals surface area contributed by atoms with E-state index in [1.165, 1.54) is 6.08 Å². The Balaban J connectivity index is 3.24. The van der Waals surface area contributed by atoms with Crippen LogP contribution in [0.5, 0.6) is 11.5 Å². The second-order valence-corrected chi connectivity index (χ2v) is 4.07. The van der Waals surface area contributed by atoms with E-state index in [0.29, 0.717) is 30.3 Å². The summed E-state index contributed by atoms with van der Waals surface area (Å²) in [6.45, 7) is 8.28. The van der Waals surface area contributed by atoms with Gasteiger partial charge in [-0.2, -0.15) is 0 Å². The van der Waals surface area contributed by atoms with E-state index in [2.05, 4.69) is 22.5 Å². The normalized spacial score (nSPS) is 9.82. The van der Waals surface area contributed by atoms with Gasteiger partial charge in [0.25, 0.3) is 0 Å². The minimum Gasteiger partial charge on any atom is -0.493 e. The molecule has 17 heavy (non-hydrogen) atoms. The first-order valence-electron chi connectivity index (χ1n) is 5.39. The largest absolute Gasteiger partial charge is 0.493 e. The maximum atomic E-state index is 11.7. The molecule has 0 aliphatic rings. The predicted molar refractivity (Wildman–Crippen MR) is 71.0 cm³/mol. The second kappa shape index (κ2) is 6.45. The van der Waals surface area contributed by atoms with Crippen LogP contribution in [0.2, 0.25) is 0 Å². The van der Waals surface area contributed by atoms with Crippen LogP contribution in [0.15, 0.2) is 29.3 Å².